The third kappa shape index (κ3) is 2.12. The summed E-state index contributed by atoms with van der Waals surface area (Å²) in [5, 5.41) is 19.8. The quantitative estimate of drug-likeness (QED) is 0.827. The van der Waals surface area contributed by atoms with Gasteiger partial charge in [0.15, 0.2) is 9.84 Å². The van der Waals surface area contributed by atoms with Gasteiger partial charge < -0.3 is 10.2 Å². The summed E-state index contributed by atoms with van der Waals surface area (Å²) >= 11 is 0. The molecular formula is C13H14O4S. The first-order chi connectivity index (χ1) is 8.34. The van der Waals surface area contributed by atoms with Crippen LogP contribution in [0.1, 0.15) is 5.56 Å². The molecule has 1 aliphatic rings. The summed E-state index contributed by atoms with van der Waals surface area (Å²) in [6.07, 6.45) is 3.38. The van der Waals surface area contributed by atoms with E-state index in [1.165, 1.54) is 12.2 Å². The molecule has 0 heterocycles. The van der Waals surface area contributed by atoms with Crippen LogP contribution in [0.15, 0.2) is 48.6 Å². The molecule has 1 aromatic carbocycles. The molecule has 4 nitrogen and oxygen atoms in total. The van der Waals surface area contributed by atoms with E-state index in [4.69, 9.17) is 0 Å². The molecule has 0 aromatic heterocycles. The SMILES string of the molecule is CS(=O)(=O)C1(O)C=CC(c2ccccc2)=CC1O. The Labute approximate surface area is 106 Å². The lowest BCUT2D eigenvalue weighted by atomic mass is 9.96. The van der Waals surface area contributed by atoms with Gasteiger partial charge in [-0.2, -0.15) is 0 Å². The zero-order valence-electron chi connectivity index (χ0n) is 9.82. The molecule has 0 aliphatic heterocycles. The molecule has 2 rings (SSSR count). The molecule has 18 heavy (non-hydrogen) atoms. The number of rotatable bonds is 2. The maximum Gasteiger partial charge on any atom is 0.214 e. The van der Waals surface area contributed by atoms with Gasteiger partial charge in [0.1, 0.15) is 6.10 Å². The lowest BCUT2D eigenvalue weighted by Gasteiger charge is -2.29. The summed E-state index contributed by atoms with van der Waals surface area (Å²) in [7, 11) is -3.81. The predicted octanol–water partition coefficient (Wildman–Crippen LogP) is 0.734. The summed E-state index contributed by atoms with van der Waals surface area (Å²) < 4.78 is 22.9. The Morgan fingerprint density at radius 3 is 2.33 bits per heavy atom. The van der Waals surface area contributed by atoms with Crippen LogP contribution in [0.5, 0.6) is 0 Å². The van der Waals surface area contributed by atoms with Gasteiger partial charge in [-0.05, 0) is 23.3 Å². The fourth-order valence-corrected chi connectivity index (χ4v) is 2.64. The number of aliphatic hydroxyl groups is 2. The van der Waals surface area contributed by atoms with Crippen molar-refractivity contribution in [3.05, 3.63) is 54.1 Å². The van der Waals surface area contributed by atoms with Crippen LogP contribution in [0.2, 0.25) is 0 Å². The van der Waals surface area contributed by atoms with Crippen molar-refractivity contribution in [2.45, 2.75) is 11.0 Å². The van der Waals surface area contributed by atoms with E-state index in [1.54, 1.807) is 0 Å². The first-order valence-corrected chi connectivity index (χ1v) is 7.30. The molecule has 5 heteroatoms. The van der Waals surface area contributed by atoms with Gasteiger partial charge in [-0.25, -0.2) is 8.42 Å². The number of allylic oxidation sites excluding steroid dienone is 2. The highest BCUT2D eigenvalue weighted by Crippen LogP contribution is 2.30. The van der Waals surface area contributed by atoms with E-state index in [9.17, 15) is 18.6 Å². The maximum absolute atomic E-state index is 11.5. The van der Waals surface area contributed by atoms with Crippen molar-refractivity contribution in [2.75, 3.05) is 6.26 Å². The van der Waals surface area contributed by atoms with Crippen LogP contribution in [0.25, 0.3) is 5.57 Å². The molecule has 0 saturated carbocycles. The van der Waals surface area contributed by atoms with Gasteiger partial charge in [-0.1, -0.05) is 36.4 Å². The van der Waals surface area contributed by atoms with E-state index in [-0.39, 0.29) is 0 Å². The van der Waals surface area contributed by atoms with E-state index in [2.05, 4.69) is 0 Å². The average molecular weight is 266 g/mol. The smallest absolute Gasteiger partial charge is 0.214 e. The molecule has 96 valence electrons. The lowest BCUT2D eigenvalue weighted by molar-refractivity contribution is 0.0469. The van der Waals surface area contributed by atoms with Crippen molar-refractivity contribution in [1.82, 2.24) is 0 Å². The third-order valence-corrected chi connectivity index (χ3v) is 4.53. The fraction of sp³-hybridized carbons (Fsp3) is 0.231. The fourth-order valence-electron chi connectivity index (χ4n) is 1.82. The van der Waals surface area contributed by atoms with Gasteiger partial charge in [0.2, 0.25) is 4.93 Å². The molecular weight excluding hydrogens is 252 g/mol. The molecule has 1 aromatic rings. The normalized spacial score (nSPS) is 27.9. The van der Waals surface area contributed by atoms with E-state index in [0.717, 1.165) is 17.9 Å². The third-order valence-electron chi connectivity index (χ3n) is 2.96. The van der Waals surface area contributed by atoms with Crippen LogP contribution in [0, 0.1) is 0 Å². The Morgan fingerprint density at radius 1 is 1.22 bits per heavy atom. The molecule has 2 unspecified atom stereocenters. The first kappa shape index (κ1) is 13.0. The van der Waals surface area contributed by atoms with Crippen LogP contribution in [0.4, 0.5) is 0 Å². The van der Waals surface area contributed by atoms with E-state index in [0.29, 0.717) is 5.57 Å². The molecule has 0 radical (unpaired) electrons. The van der Waals surface area contributed by atoms with Crippen molar-refractivity contribution in [3.63, 3.8) is 0 Å². The molecule has 0 fully saturated rings. The van der Waals surface area contributed by atoms with E-state index in [1.807, 2.05) is 30.3 Å². The molecule has 2 atom stereocenters. The number of hydrogen-bond donors (Lipinski definition) is 2. The minimum Gasteiger partial charge on any atom is -0.384 e. The molecule has 0 amide bonds. The maximum atomic E-state index is 11.5. The monoisotopic (exact) mass is 266 g/mol. The van der Waals surface area contributed by atoms with Gasteiger partial charge in [0.25, 0.3) is 0 Å². The van der Waals surface area contributed by atoms with Gasteiger partial charge in [-0.15, -0.1) is 0 Å². The standard InChI is InChI=1S/C13H14O4S/c1-18(16,17)13(15)8-7-11(9-12(13)14)10-5-3-2-4-6-10/h2-9,12,14-15H,1H3. The highest BCUT2D eigenvalue weighted by molar-refractivity contribution is 7.92. The minimum atomic E-state index is -3.81. The van der Waals surface area contributed by atoms with Gasteiger partial charge >= 0.3 is 0 Å². The van der Waals surface area contributed by atoms with Crippen LogP contribution in [-0.2, 0) is 9.84 Å². The first-order valence-electron chi connectivity index (χ1n) is 5.41. The zero-order valence-corrected chi connectivity index (χ0v) is 10.6. The second kappa shape index (κ2) is 4.35. The number of aliphatic hydroxyl groups excluding tert-OH is 1. The Kier molecular flexibility index (Phi) is 3.14. The van der Waals surface area contributed by atoms with E-state index >= 15 is 0 Å². The van der Waals surface area contributed by atoms with Gasteiger partial charge in [0, 0.05) is 6.26 Å². The van der Waals surface area contributed by atoms with Gasteiger partial charge in [0.05, 0.1) is 0 Å². The Balaban J connectivity index is 2.40. The molecule has 0 bridgehead atoms. The van der Waals surface area contributed by atoms with Crippen LogP contribution < -0.4 is 0 Å². The summed E-state index contributed by atoms with van der Waals surface area (Å²) in [4.78, 5) is -2.24. The summed E-state index contributed by atoms with van der Waals surface area (Å²) in [5.41, 5.74) is 1.53. The van der Waals surface area contributed by atoms with Crippen molar-refractivity contribution in [2.24, 2.45) is 0 Å². The topological polar surface area (TPSA) is 74.6 Å². The number of sulfone groups is 1. The summed E-state index contributed by atoms with van der Waals surface area (Å²) in [6, 6.07) is 9.23. The van der Waals surface area contributed by atoms with Crippen LogP contribution in [-0.4, -0.2) is 35.9 Å². The Bertz CT molecular complexity index is 601. The largest absolute Gasteiger partial charge is 0.384 e. The second-order valence-electron chi connectivity index (χ2n) is 4.29. The van der Waals surface area contributed by atoms with Crippen molar-refractivity contribution >= 4 is 15.4 Å². The Morgan fingerprint density at radius 2 is 1.83 bits per heavy atom. The minimum absolute atomic E-state index is 0.677. The van der Waals surface area contributed by atoms with E-state index < -0.39 is 20.9 Å². The lowest BCUT2D eigenvalue weighted by Crippen LogP contribution is -2.47. The summed E-state index contributed by atoms with van der Waals surface area (Å²) in [5.74, 6) is 0. The summed E-state index contributed by atoms with van der Waals surface area (Å²) in [6.45, 7) is 0. The molecule has 0 spiro atoms. The average Bonchev–Trinajstić information content (AvgIpc) is 2.32. The Hall–Kier alpha value is -1.43. The number of benzene rings is 1. The predicted molar refractivity (Wildman–Crippen MR) is 69.4 cm³/mol. The highest BCUT2D eigenvalue weighted by atomic mass is 32.2. The highest BCUT2D eigenvalue weighted by Gasteiger charge is 2.44. The molecule has 0 saturated heterocycles. The van der Waals surface area contributed by atoms with Crippen molar-refractivity contribution < 1.29 is 18.6 Å². The van der Waals surface area contributed by atoms with Crippen LogP contribution >= 0.6 is 0 Å². The second-order valence-corrected chi connectivity index (χ2v) is 6.49. The van der Waals surface area contributed by atoms with Crippen LogP contribution in [0.3, 0.4) is 0 Å². The zero-order chi connectivity index (χ0) is 13.4. The molecule has 2 N–H and O–H groups in total. The van der Waals surface area contributed by atoms with Crippen molar-refractivity contribution in [1.29, 1.82) is 0 Å². The number of hydrogen-bond acceptors (Lipinski definition) is 4. The molecule has 1 aliphatic carbocycles. The van der Waals surface area contributed by atoms with Gasteiger partial charge in [-0.3, -0.25) is 0 Å². The van der Waals surface area contributed by atoms with Crippen molar-refractivity contribution in [3.8, 4) is 0 Å².